The van der Waals surface area contributed by atoms with Gasteiger partial charge in [0.15, 0.2) is 5.13 Å². The summed E-state index contributed by atoms with van der Waals surface area (Å²) in [4.78, 5) is 30.2. The summed E-state index contributed by atoms with van der Waals surface area (Å²) in [5.41, 5.74) is 3.11. The van der Waals surface area contributed by atoms with E-state index in [9.17, 15) is 9.59 Å². The molecule has 1 fully saturated rings. The van der Waals surface area contributed by atoms with Crippen molar-refractivity contribution in [3.8, 4) is 11.3 Å². The Hall–Kier alpha value is -2.25. The summed E-state index contributed by atoms with van der Waals surface area (Å²) < 4.78 is 5.10. The predicted octanol–water partition coefficient (Wildman–Crippen LogP) is 3.20. The van der Waals surface area contributed by atoms with Gasteiger partial charge in [0, 0.05) is 44.0 Å². The highest BCUT2D eigenvalue weighted by molar-refractivity contribution is 7.14. The summed E-state index contributed by atoms with van der Waals surface area (Å²) >= 11 is 1.43. The number of hydrogen-bond acceptors (Lipinski definition) is 5. The third-order valence-electron chi connectivity index (χ3n) is 4.89. The van der Waals surface area contributed by atoms with Crippen molar-refractivity contribution in [3.05, 3.63) is 35.2 Å². The first-order chi connectivity index (χ1) is 13.1. The number of anilines is 1. The highest BCUT2D eigenvalue weighted by Gasteiger charge is 2.26. The van der Waals surface area contributed by atoms with E-state index in [0.29, 0.717) is 37.7 Å². The van der Waals surface area contributed by atoms with Crippen LogP contribution >= 0.6 is 11.3 Å². The number of thiazole rings is 1. The average molecular weight is 388 g/mol. The Bertz CT molecular complexity index is 780. The molecule has 1 saturated heterocycles. The molecule has 0 unspecified atom stereocenters. The van der Waals surface area contributed by atoms with Crippen molar-refractivity contribution in [1.29, 1.82) is 0 Å². The number of likely N-dealkylation sites (tertiary alicyclic amines) is 1. The van der Waals surface area contributed by atoms with Crippen molar-refractivity contribution < 1.29 is 14.3 Å². The van der Waals surface area contributed by atoms with Crippen LogP contribution in [0.5, 0.6) is 0 Å². The predicted molar refractivity (Wildman–Crippen MR) is 107 cm³/mol. The standard InChI is InChI=1S/C20H25N3O3S/c1-14(24)23-10-7-17(8-11-23)19(25)22-20-21-18(13-27-20)16-5-3-15(4-6-16)9-12-26-2/h3-6,13,17H,7-12H2,1-2H3,(H,21,22,25). The SMILES string of the molecule is COCCc1ccc(-c2csc(NC(=O)C3CCN(C(C)=O)CC3)n2)cc1. The third-order valence-corrected chi connectivity index (χ3v) is 5.65. The molecular weight excluding hydrogens is 362 g/mol. The lowest BCUT2D eigenvalue weighted by molar-refractivity contribution is -0.132. The van der Waals surface area contributed by atoms with Gasteiger partial charge < -0.3 is 15.0 Å². The van der Waals surface area contributed by atoms with Gasteiger partial charge in [-0.2, -0.15) is 0 Å². The highest BCUT2D eigenvalue weighted by Crippen LogP contribution is 2.26. The normalized spacial score (nSPS) is 15.0. The third kappa shape index (κ3) is 5.14. The fourth-order valence-corrected chi connectivity index (χ4v) is 3.91. The van der Waals surface area contributed by atoms with Crippen LogP contribution in [0, 0.1) is 5.92 Å². The molecule has 1 aliphatic heterocycles. The number of nitrogens with zero attached hydrogens (tertiary/aromatic N) is 2. The van der Waals surface area contributed by atoms with Gasteiger partial charge in [-0.25, -0.2) is 4.98 Å². The number of ether oxygens (including phenoxy) is 1. The van der Waals surface area contributed by atoms with E-state index < -0.39 is 0 Å². The van der Waals surface area contributed by atoms with Crippen molar-refractivity contribution in [2.24, 2.45) is 5.92 Å². The fraction of sp³-hybridized carbons (Fsp3) is 0.450. The summed E-state index contributed by atoms with van der Waals surface area (Å²) in [7, 11) is 1.70. The molecule has 0 saturated carbocycles. The summed E-state index contributed by atoms with van der Waals surface area (Å²) in [6.45, 7) is 3.57. The second kappa shape index (κ2) is 9.10. The molecule has 27 heavy (non-hydrogen) atoms. The van der Waals surface area contributed by atoms with Crippen molar-refractivity contribution in [2.45, 2.75) is 26.2 Å². The maximum absolute atomic E-state index is 12.5. The maximum Gasteiger partial charge on any atom is 0.229 e. The summed E-state index contributed by atoms with van der Waals surface area (Å²) in [5, 5.41) is 5.51. The van der Waals surface area contributed by atoms with Crippen LogP contribution in [0.4, 0.5) is 5.13 Å². The number of rotatable bonds is 6. The van der Waals surface area contributed by atoms with Crippen LogP contribution in [-0.2, 0) is 20.7 Å². The number of benzene rings is 1. The van der Waals surface area contributed by atoms with Gasteiger partial charge in [-0.15, -0.1) is 11.3 Å². The van der Waals surface area contributed by atoms with Crippen LogP contribution in [0.1, 0.15) is 25.3 Å². The van der Waals surface area contributed by atoms with Crippen LogP contribution in [0.2, 0.25) is 0 Å². The van der Waals surface area contributed by atoms with Crippen LogP contribution in [0.15, 0.2) is 29.6 Å². The van der Waals surface area contributed by atoms with Gasteiger partial charge >= 0.3 is 0 Å². The molecule has 7 heteroatoms. The smallest absolute Gasteiger partial charge is 0.229 e. The number of aromatic nitrogens is 1. The Morgan fingerprint density at radius 3 is 2.59 bits per heavy atom. The largest absolute Gasteiger partial charge is 0.384 e. The quantitative estimate of drug-likeness (QED) is 0.826. The first-order valence-electron chi connectivity index (χ1n) is 9.17. The minimum atomic E-state index is -0.0620. The van der Waals surface area contributed by atoms with E-state index in [2.05, 4.69) is 22.4 Å². The van der Waals surface area contributed by atoms with Gasteiger partial charge in [0.1, 0.15) is 0 Å². The molecular formula is C20H25N3O3S. The molecule has 0 bridgehead atoms. The zero-order valence-corrected chi connectivity index (χ0v) is 16.6. The van der Waals surface area contributed by atoms with Crippen LogP contribution < -0.4 is 5.32 Å². The molecule has 3 rings (SSSR count). The molecule has 1 N–H and O–H groups in total. The van der Waals surface area contributed by atoms with Gasteiger partial charge in [-0.3, -0.25) is 9.59 Å². The monoisotopic (exact) mass is 387 g/mol. The Balaban J connectivity index is 1.56. The highest BCUT2D eigenvalue weighted by atomic mass is 32.1. The number of piperidine rings is 1. The molecule has 144 valence electrons. The van der Waals surface area contributed by atoms with Crippen molar-refractivity contribution in [3.63, 3.8) is 0 Å². The van der Waals surface area contributed by atoms with Crippen molar-refractivity contribution >= 4 is 28.3 Å². The molecule has 0 atom stereocenters. The van der Waals surface area contributed by atoms with Crippen molar-refractivity contribution in [2.75, 3.05) is 32.1 Å². The molecule has 0 radical (unpaired) electrons. The van der Waals surface area contributed by atoms with Crippen molar-refractivity contribution in [1.82, 2.24) is 9.88 Å². The first kappa shape index (κ1) is 19.5. The maximum atomic E-state index is 12.5. The summed E-state index contributed by atoms with van der Waals surface area (Å²) in [6, 6.07) is 8.25. The molecule has 1 aromatic heterocycles. The van der Waals surface area contributed by atoms with E-state index in [0.717, 1.165) is 17.7 Å². The first-order valence-corrected chi connectivity index (χ1v) is 10.0. The van der Waals surface area contributed by atoms with E-state index >= 15 is 0 Å². The topological polar surface area (TPSA) is 71.5 Å². The van der Waals surface area contributed by atoms with Crippen LogP contribution in [-0.4, -0.2) is 48.5 Å². The number of carbonyl (C=O) groups is 2. The fourth-order valence-electron chi connectivity index (χ4n) is 3.19. The second-order valence-corrected chi connectivity index (χ2v) is 7.61. The molecule has 0 aliphatic carbocycles. The number of methoxy groups -OCH3 is 1. The zero-order chi connectivity index (χ0) is 19.2. The number of nitrogens with one attached hydrogen (secondary N) is 1. The summed E-state index contributed by atoms with van der Waals surface area (Å²) in [5.74, 6) is 0.00805. The summed E-state index contributed by atoms with van der Waals surface area (Å²) in [6.07, 6.45) is 2.29. The van der Waals surface area contributed by atoms with E-state index in [1.54, 1.807) is 18.9 Å². The minimum Gasteiger partial charge on any atom is -0.384 e. The Morgan fingerprint density at radius 2 is 1.96 bits per heavy atom. The molecule has 6 nitrogen and oxygen atoms in total. The number of amides is 2. The number of carbonyl (C=O) groups excluding carboxylic acids is 2. The van der Waals surface area contributed by atoms with Gasteiger partial charge in [0.25, 0.3) is 0 Å². The van der Waals surface area contributed by atoms with Crippen LogP contribution in [0.25, 0.3) is 11.3 Å². The Kier molecular flexibility index (Phi) is 6.58. The Morgan fingerprint density at radius 1 is 1.26 bits per heavy atom. The van der Waals surface area contributed by atoms with Crippen LogP contribution in [0.3, 0.4) is 0 Å². The lowest BCUT2D eigenvalue weighted by Crippen LogP contribution is -2.40. The zero-order valence-electron chi connectivity index (χ0n) is 15.7. The van der Waals surface area contributed by atoms with E-state index in [1.807, 2.05) is 17.5 Å². The average Bonchev–Trinajstić information content (AvgIpc) is 3.15. The van der Waals surface area contributed by atoms with E-state index in [4.69, 9.17) is 4.74 Å². The van der Waals surface area contributed by atoms with Gasteiger partial charge in [-0.05, 0) is 24.8 Å². The lowest BCUT2D eigenvalue weighted by atomic mass is 9.96. The molecule has 2 amide bonds. The lowest BCUT2D eigenvalue weighted by Gasteiger charge is -2.30. The Labute approximate surface area is 163 Å². The molecule has 2 heterocycles. The van der Waals surface area contributed by atoms with E-state index in [-0.39, 0.29) is 17.7 Å². The second-order valence-electron chi connectivity index (χ2n) is 6.75. The van der Waals surface area contributed by atoms with Gasteiger partial charge in [-0.1, -0.05) is 24.3 Å². The minimum absolute atomic E-state index is 0.00554. The molecule has 0 spiro atoms. The van der Waals surface area contributed by atoms with Gasteiger partial charge in [0.2, 0.25) is 11.8 Å². The molecule has 1 aromatic carbocycles. The molecule has 1 aliphatic rings. The van der Waals surface area contributed by atoms with E-state index in [1.165, 1.54) is 16.9 Å². The van der Waals surface area contributed by atoms with Gasteiger partial charge in [0.05, 0.1) is 12.3 Å². The number of hydrogen-bond donors (Lipinski definition) is 1. The molecule has 2 aromatic rings.